The van der Waals surface area contributed by atoms with Crippen molar-refractivity contribution >= 4 is 50.5 Å². The molecule has 160 valence electrons. The summed E-state index contributed by atoms with van der Waals surface area (Å²) in [6, 6.07) is 11.5. The van der Waals surface area contributed by atoms with Crippen LogP contribution in [0.2, 0.25) is 10.0 Å². The lowest BCUT2D eigenvalue weighted by molar-refractivity contribution is -0.130. The lowest BCUT2D eigenvalue weighted by atomic mass is 10.2. The number of hydrogen-bond acceptors (Lipinski definition) is 5. The van der Waals surface area contributed by atoms with Crippen LogP contribution in [0.15, 0.2) is 47.4 Å². The number of piperazine rings is 1. The minimum atomic E-state index is -3.57. The van der Waals surface area contributed by atoms with E-state index in [0.717, 1.165) is 11.9 Å². The minimum Gasteiger partial charge on any atom is -0.368 e. The number of halogens is 2. The summed E-state index contributed by atoms with van der Waals surface area (Å²) in [6.45, 7) is 2.21. The number of amides is 2. The predicted octanol–water partition coefficient (Wildman–Crippen LogP) is 2.48. The van der Waals surface area contributed by atoms with Crippen molar-refractivity contribution in [2.24, 2.45) is 0 Å². The third-order valence-corrected chi connectivity index (χ3v) is 6.61. The van der Waals surface area contributed by atoms with Gasteiger partial charge in [-0.1, -0.05) is 29.3 Å². The van der Waals surface area contributed by atoms with Crippen LogP contribution in [-0.4, -0.2) is 64.1 Å². The average molecular weight is 470 g/mol. The number of rotatable bonds is 5. The third kappa shape index (κ3) is 5.44. The van der Waals surface area contributed by atoms with Gasteiger partial charge in [0.25, 0.3) is 5.91 Å². The molecular formula is C20H21Cl2N3O4S. The van der Waals surface area contributed by atoms with Gasteiger partial charge in [0.15, 0.2) is 9.84 Å². The zero-order valence-corrected chi connectivity index (χ0v) is 18.6. The third-order valence-electron chi connectivity index (χ3n) is 4.80. The van der Waals surface area contributed by atoms with E-state index in [-0.39, 0.29) is 27.9 Å². The van der Waals surface area contributed by atoms with Crippen LogP contribution in [0.5, 0.6) is 0 Å². The van der Waals surface area contributed by atoms with Crippen LogP contribution >= 0.6 is 23.2 Å². The molecule has 0 aliphatic carbocycles. The SMILES string of the molecule is CS(=O)(=O)c1cc(C(=O)NCC(=O)N2CCN(c3cccc(Cl)c3)CC2)ccc1Cl. The molecule has 2 aromatic rings. The molecule has 0 saturated carbocycles. The summed E-state index contributed by atoms with van der Waals surface area (Å²) >= 11 is 11.9. The predicted molar refractivity (Wildman–Crippen MR) is 117 cm³/mol. The quantitative estimate of drug-likeness (QED) is 0.726. The van der Waals surface area contributed by atoms with E-state index in [1.165, 1.54) is 18.2 Å². The Balaban J connectivity index is 1.54. The summed E-state index contributed by atoms with van der Waals surface area (Å²) in [4.78, 5) is 28.5. The van der Waals surface area contributed by atoms with E-state index >= 15 is 0 Å². The van der Waals surface area contributed by atoms with E-state index in [9.17, 15) is 18.0 Å². The molecule has 0 unspecified atom stereocenters. The molecule has 1 fully saturated rings. The molecule has 0 aromatic heterocycles. The van der Waals surface area contributed by atoms with Gasteiger partial charge in [-0.15, -0.1) is 0 Å². The van der Waals surface area contributed by atoms with Crippen LogP contribution in [0.4, 0.5) is 5.69 Å². The van der Waals surface area contributed by atoms with Crippen LogP contribution in [-0.2, 0) is 14.6 Å². The molecule has 30 heavy (non-hydrogen) atoms. The van der Waals surface area contributed by atoms with Gasteiger partial charge >= 0.3 is 0 Å². The maximum Gasteiger partial charge on any atom is 0.251 e. The van der Waals surface area contributed by atoms with E-state index in [0.29, 0.717) is 31.2 Å². The maximum absolute atomic E-state index is 12.5. The van der Waals surface area contributed by atoms with Crippen LogP contribution < -0.4 is 10.2 Å². The molecule has 7 nitrogen and oxygen atoms in total. The van der Waals surface area contributed by atoms with Crippen LogP contribution in [0.3, 0.4) is 0 Å². The van der Waals surface area contributed by atoms with Gasteiger partial charge in [0, 0.05) is 48.7 Å². The molecule has 0 bridgehead atoms. The molecule has 0 spiro atoms. The number of hydrogen-bond donors (Lipinski definition) is 1. The fraction of sp³-hybridized carbons (Fsp3) is 0.300. The van der Waals surface area contributed by atoms with Crippen molar-refractivity contribution in [1.29, 1.82) is 0 Å². The first-order chi connectivity index (χ1) is 14.1. The number of benzene rings is 2. The fourth-order valence-corrected chi connectivity index (χ4v) is 4.67. The number of carbonyl (C=O) groups is 2. The second-order valence-electron chi connectivity index (χ2n) is 6.95. The van der Waals surface area contributed by atoms with E-state index in [1.807, 2.05) is 24.3 Å². The van der Waals surface area contributed by atoms with Crippen molar-refractivity contribution in [2.45, 2.75) is 4.90 Å². The summed E-state index contributed by atoms with van der Waals surface area (Å²) in [6.07, 6.45) is 1.02. The molecule has 10 heteroatoms. The Kier molecular flexibility index (Phi) is 6.90. The van der Waals surface area contributed by atoms with Gasteiger partial charge in [-0.3, -0.25) is 9.59 Å². The Morgan fingerprint density at radius 1 is 1.03 bits per heavy atom. The Morgan fingerprint density at radius 2 is 1.73 bits per heavy atom. The van der Waals surface area contributed by atoms with Gasteiger partial charge in [-0.25, -0.2) is 8.42 Å². The van der Waals surface area contributed by atoms with Gasteiger partial charge in [0.1, 0.15) is 0 Å². The van der Waals surface area contributed by atoms with Crippen molar-refractivity contribution in [3.63, 3.8) is 0 Å². The molecule has 3 rings (SSSR count). The van der Waals surface area contributed by atoms with Gasteiger partial charge in [-0.2, -0.15) is 0 Å². The van der Waals surface area contributed by atoms with Gasteiger partial charge in [0.2, 0.25) is 5.91 Å². The van der Waals surface area contributed by atoms with Crippen LogP contribution in [0.25, 0.3) is 0 Å². The largest absolute Gasteiger partial charge is 0.368 e. The van der Waals surface area contributed by atoms with Crippen molar-refractivity contribution < 1.29 is 18.0 Å². The number of carbonyl (C=O) groups excluding carboxylic acids is 2. The molecule has 1 heterocycles. The maximum atomic E-state index is 12.5. The smallest absolute Gasteiger partial charge is 0.251 e. The molecular weight excluding hydrogens is 449 g/mol. The van der Waals surface area contributed by atoms with Gasteiger partial charge in [0.05, 0.1) is 16.5 Å². The summed E-state index contributed by atoms with van der Waals surface area (Å²) < 4.78 is 23.5. The highest BCUT2D eigenvalue weighted by Crippen LogP contribution is 2.23. The first-order valence-electron chi connectivity index (χ1n) is 9.21. The zero-order chi connectivity index (χ0) is 21.9. The highest BCUT2D eigenvalue weighted by atomic mass is 35.5. The van der Waals surface area contributed by atoms with E-state index in [4.69, 9.17) is 23.2 Å². The van der Waals surface area contributed by atoms with E-state index in [1.54, 1.807) is 4.90 Å². The van der Waals surface area contributed by atoms with Gasteiger partial charge in [-0.05, 0) is 36.4 Å². The van der Waals surface area contributed by atoms with E-state index < -0.39 is 15.7 Å². The average Bonchev–Trinajstić information content (AvgIpc) is 2.71. The summed E-state index contributed by atoms with van der Waals surface area (Å²) in [7, 11) is -3.57. The van der Waals surface area contributed by atoms with Crippen LogP contribution in [0, 0.1) is 0 Å². The summed E-state index contributed by atoms with van der Waals surface area (Å²) in [5.41, 5.74) is 1.13. The Labute approximate surface area is 185 Å². The van der Waals surface area contributed by atoms with Crippen LogP contribution in [0.1, 0.15) is 10.4 Å². The second kappa shape index (κ2) is 9.24. The molecule has 1 N–H and O–H groups in total. The molecule has 2 aromatic carbocycles. The Hall–Kier alpha value is -2.29. The lowest BCUT2D eigenvalue weighted by Crippen LogP contribution is -2.51. The highest BCUT2D eigenvalue weighted by Gasteiger charge is 2.22. The number of sulfone groups is 1. The first kappa shape index (κ1) is 22.4. The Morgan fingerprint density at radius 3 is 2.37 bits per heavy atom. The molecule has 1 saturated heterocycles. The first-order valence-corrected chi connectivity index (χ1v) is 11.9. The standard InChI is InChI=1S/C20H21Cl2N3O4S/c1-30(28,29)18-11-14(5-6-17(18)22)20(27)23-13-19(26)25-9-7-24(8-10-25)16-4-2-3-15(21)12-16/h2-6,11-12H,7-10,13H2,1H3,(H,23,27). The van der Waals surface area contributed by atoms with Crippen molar-refractivity contribution in [1.82, 2.24) is 10.2 Å². The molecule has 1 aliphatic heterocycles. The van der Waals surface area contributed by atoms with Crippen molar-refractivity contribution in [3.8, 4) is 0 Å². The minimum absolute atomic E-state index is 0.0442. The lowest BCUT2D eigenvalue weighted by Gasteiger charge is -2.36. The monoisotopic (exact) mass is 469 g/mol. The normalized spacial score (nSPS) is 14.5. The van der Waals surface area contributed by atoms with E-state index in [2.05, 4.69) is 10.2 Å². The molecule has 0 radical (unpaired) electrons. The van der Waals surface area contributed by atoms with Crippen molar-refractivity contribution in [3.05, 3.63) is 58.1 Å². The summed E-state index contributed by atoms with van der Waals surface area (Å²) in [5, 5.41) is 3.25. The Bertz CT molecular complexity index is 1070. The fourth-order valence-electron chi connectivity index (χ4n) is 3.19. The summed E-state index contributed by atoms with van der Waals surface area (Å²) in [5.74, 6) is -0.742. The number of nitrogens with zero attached hydrogens (tertiary/aromatic N) is 2. The highest BCUT2D eigenvalue weighted by molar-refractivity contribution is 7.90. The molecule has 2 amide bonds. The topological polar surface area (TPSA) is 86.8 Å². The molecule has 1 aliphatic rings. The number of nitrogens with one attached hydrogen (secondary N) is 1. The van der Waals surface area contributed by atoms with Gasteiger partial charge < -0.3 is 15.1 Å². The van der Waals surface area contributed by atoms with Crippen molar-refractivity contribution in [2.75, 3.05) is 43.9 Å². The number of anilines is 1. The second-order valence-corrected chi connectivity index (χ2v) is 9.78. The molecule has 0 atom stereocenters. The zero-order valence-electron chi connectivity index (χ0n) is 16.3.